The minimum absolute atomic E-state index is 0.176. The van der Waals surface area contributed by atoms with Crippen LogP contribution in [0.2, 0.25) is 0 Å². The molecule has 0 aliphatic rings. The van der Waals surface area contributed by atoms with Crippen LogP contribution in [0.15, 0.2) is 0 Å². The second-order valence-electron chi connectivity index (χ2n) is 0.927. The molecule has 0 spiro atoms. The van der Waals surface area contributed by atoms with Crippen molar-refractivity contribution in [2.45, 2.75) is 0 Å². The van der Waals surface area contributed by atoms with Crippen LogP contribution in [-0.4, -0.2) is 61.0 Å². The molecule has 0 atom stereocenters. The van der Waals surface area contributed by atoms with Gasteiger partial charge in [0.1, 0.15) is 0 Å². The van der Waals surface area contributed by atoms with Crippen LogP contribution in [-0.2, 0) is 20.6 Å². The molecule has 14 radical (unpaired) electrons. The Bertz CT molecular complexity index is 69.4. The predicted molar refractivity (Wildman–Crippen MR) is 39.9 cm³/mol. The maximum absolute atomic E-state index is 4.91. The van der Waals surface area contributed by atoms with E-state index in [4.69, 9.17) is 8.23 Å². The van der Waals surface area contributed by atoms with Crippen molar-refractivity contribution in [3.63, 3.8) is 0 Å². The van der Waals surface area contributed by atoms with Gasteiger partial charge in [0.15, 0.2) is 0 Å². The quantitative estimate of drug-likeness (QED) is 0.462. The van der Waals surface area contributed by atoms with Gasteiger partial charge in [-0.2, -0.15) is 0 Å². The Morgan fingerprint density at radius 3 is 1.64 bits per heavy atom. The van der Waals surface area contributed by atoms with Crippen molar-refractivity contribution in [2.24, 2.45) is 0 Å². The summed E-state index contributed by atoms with van der Waals surface area (Å²) >= 11 is 0. The second-order valence-corrected chi connectivity index (χ2v) is 5.84. The fraction of sp³-hybridized carbons (Fsp3) is 0. The van der Waals surface area contributed by atoms with E-state index in [1.807, 2.05) is 0 Å². The molecule has 0 amide bonds. The molecule has 0 aromatic heterocycles. The van der Waals surface area contributed by atoms with Crippen LogP contribution in [0, 0.1) is 0 Å². The molecule has 0 saturated heterocycles. The fourth-order valence-electron chi connectivity index (χ4n) is 0.172. The molecular formula is O5Si6. The SMILES string of the molecule is [Si]O[Si]O[Si](O[Si])O[Si]O[Si]. The van der Waals surface area contributed by atoms with E-state index in [9.17, 15) is 0 Å². The number of hydrogen-bond donors (Lipinski definition) is 0. The highest BCUT2D eigenvalue weighted by atomic mass is 28.4. The summed E-state index contributed by atoms with van der Waals surface area (Å²) in [5, 5.41) is 0. The third kappa shape index (κ3) is 7.46. The molecule has 0 aliphatic carbocycles. The van der Waals surface area contributed by atoms with E-state index in [0.717, 1.165) is 0 Å². The van der Waals surface area contributed by atoms with Crippen molar-refractivity contribution >= 4 is 61.0 Å². The standard InChI is InChI=1S/O5Si6/c6-1-9-4-11(3-8)5-10-2-7. The van der Waals surface area contributed by atoms with E-state index in [1.165, 1.54) is 0 Å². The zero-order chi connectivity index (χ0) is 8.53. The van der Waals surface area contributed by atoms with Crippen LogP contribution >= 0.6 is 0 Å². The maximum Gasteiger partial charge on any atom is 0.546 e. The topological polar surface area (TPSA) is 46.2 Å². The maximum atomic E-state index is 4.91. The lowest BCUT2D eigenvalue weighted by atomic mass is 15.7. The largest absolute Gasteiger partial charge is 0.546 e. The van der Waals surface area contributed by atoms with E-state index in [0.29, 0.717) is 0 Å². The highest BCUT2D eigenvalue weighted by Crippen LogP contribution is 1.86. The van der Waals surface area contributed by atoms with Gasteiger partial charge >= 0.3 is 29.5 Å². The fourth-order valence-corrected chi connectivity index (χ4v) is 3.42. The van der Waals surface area contributed by atoms with Gasteiger partial charge in [-0.05, 0) is 0 Å². The van der Waals surface area contributed by atoms with Crippen LogP contribution in [0.3, 0.4) is 0 Å². The van der Waals surface area contributed by atoms with Crippen molar-refractivity contribution < 1.29 is 20.6 Å². The Kier molecular flexibility index (Phi) is 10.1. The smallest absolute Gasteiger partial charge is 0.435 e. The van der Waals surface area contributed by atoms with Gasteiger partial charge in [0.05, 0.1) is 0 Å². The van der Waals surface area contributed by atoms with Gasteiger partial charge in [-0.3, -0.25) is 0 Å². The van der Waals surface area contributed by atoms with Crippen molar-refractivity contribution in [1.82, 2.24) is 0 Å². The van der Waals surface area contributed by atoms with Crippen molar-refractivity contribution in [1.29, 1.82) is 0 Å². The van der Waals surface area contributed by atoms with Crippen LogP contribution in [0.1, 0.15) is 0 Å². The Morgan fingerprint density at radius 2 is 1.36 bits per heavy atom. The Labute approximate surface area is 81.8 Å². The number of rotatable bonds is 7. The summed E-state index contributed by atoms with van der Waals surface area (Å²) in [6.45, 7) is 0. The highest BCUT2D eigenvalue weighted by molar-refractivity contribution is 6.55. The van der Waals surface area contributed by atoms with Gasteiger partial charge in [0, 0.05) is 0 Å². The molecule has 0 aromatic rings. The molecule has 0 fully saturated rings. The number of hydrogen-bond acceptors (Lipinski definition) is 5. The first kappa shape index (κ1) is 12.1. The molecule has 54 valence electrons. The lowest BCUT2D eigenvalue weighted by Gasteiger charge is -2.08. The summed E-state index contributed by atoms with van der Waals surface area (Å²) in [4.78, 5) is 0. The minimum atomic E-state index is -1.78. The van der Waals surface area contributed by atoms with Gasteiger partial charge in [0.2, 0.25) is 31.5 Å². The van der Waals surface area contributed by atoms with Crippen LogP contribution in [0.4, 0.5) is 0 Å². The lowest BCUT2D eigenvalue weighted by Crippen LogP contribution is -2.30. The van der Waals surface area contributed by atoms with E-state index in [1.54, 1.807) is 0 Å². The molecule has 0 saturated carbocycles. The first-order chi connectivity index (χ1) is 5.35. The molecule has 5 nitrogen and oxygen atoms in total. The van der Waals surface area contributed by atoms with E-state index < -0.39 is 9.53 Å². The average Bonchev–Trinajstić information content (AvgIpc) is 2.05. The molecule has 0 aliphatic heterocycles. The monoisotopic (exact) mass is 248 g/mol. The third-order valence-corrected chi connectivity index (χ3v) is 3.75. The van der Waals surface area contributed by atoms with E-state index in [-0.39, 0.29) is 20.0 Å². The van der Waals surface area contributed by atoms with Crippen molar-refractivity contribution in [3.05, 3.63) is 0 Å². The van der Waals surface area contributed by atoms with Gasteiger partial charge in [-0.1, -0.05) is 0 Å². The summed E-state index contributed by atoms with van der Waals surface area (Å²) in [5.41, 5.74) is 0. The molecule has 0 heterocycles. The first-order valence-corrected chi connectivity index (χ1v) is 6.12. The lowest BCUT2D eigenvalue weighted by molar-refractivity contribution is 0.299. The van der Waals surface area contributed by atoms with E-state index >= 15 is 0 Å². The molecule has 0 bridgehead atoms. The van der Waals surface area contributed by atoms with Gasteiger partial charge in [-0.15, -0.1) is 0 Å². The molecule has 0 aromatic carbocycles. The summed E-state index contributed by atoms with van der Waals surface area (Å²) < 4.78 is 23.4. The molecule has 0 rings (SSSR count). The van der Waals surface area contributed by atoms with Crippen molar-refractivity contribution in [2.75, 3.05) is 0 Å². The van der Waals surface area contributed by atoms with Crippen LogP contribution in [0.25, 0.3) is 0 Å². The Hall–Kier alpha value is 1.10. The normalized spacial score (nSPS) is 10.9. The molecule has 0 N–H and O–H groups in total. The summed E-state index contributed by atoms with van der Waals surface area (Å²) in [7, 11) is 6.16. The van der Waals surface area contributed by atoms with E-state index in [2.05, 4.69) is 43.8 Å². The Morgan fingerprint density at radius 1 is 0.909 bits per heavy atom. The molecule has 11 heavy (non-hydrogen) atoms. The average molecular weight is 249 g/mol. The third-order valence-electron chi connectivity index (χ3n) is 0.417. The highest BCUT2D eigenvalue weighted by Gasteiger charge is 2.17. The summed E-state index contributed by atoms with van der Waals surface area (Å²) in [6, 6.07) is 0. The van der Waals surface area contributed by atoms with Gasteiger partial charge < -0.3 is 20.6 Å². The predicted octanol–water partition coefficient (Wildman–Crippen LogP) is -2.63. The van der Waals surface area contributed by atoms with Crippen LogP contribution in [0.5, 0.6) is 0 Å². The zero-order valence-electron chi connectivity index (χ0n) is 5.04. The summed E-state index contributed by atoms with van der Waals surface area (Å²) in [6.07, 6.45) is 0. The van der Waals surface area contributed by atoms with Crippen LogP contribution < -0.4 is 0 Å². The molecular weight excluding hydrogens is 249 g/mol. The first-order valence-electron chi connectivity index (χ1n) is 2.04. The molecule has 11 heteroatoms. The van der Waals surface area contributed by atoms with Gasteiger partial charge in [0.25, 0.3) is 0 Å². The minimum Gasteiger partial charge on any atom is -0.435 e. The molecule has 0 unspecified atom stereocenters. The summed E-state index contributed by atoms with van der Waals surface area (Å²) in [5.74, 6) is 0. The van der Waals surface area contributed by atoms with Gasteiger partial charge in [-0.25, -0.2) is 0 Å². The zero-order valence-corrected chi connectivity index (χ0v) is 11.0. The second kappa shape index (κ2) is 9.19. The Balaban J connectivity index is 3.25. The van der Waals surface area contributed by atoms with Crippen molar-refractivity contribution in [3.8, 4) is 0 Å².